The topological polar surface area (TPSA) is 71.3 Å². The molecule has 0 aliphatic rings. The van der Waals surface area contributed by atoms with Crippen molar-refractivity contribution in [3.8, 4) is 0 Å². The lowest BCUT2D eigenvalue weighted by molar-refractivity contribution is 0.630. The highest BCUT2D eigenvalue weighted by Gasteiger charge is 2.13. The highest BCUT2D eigenvalue weighted by molar-refractivity contribution is 6.35. The molecule has 0 unspecified atom stereocenters. The van der Waals surface area contributed by atoms with E-state index >= 15 is 0 Å². The van der Waals surface area contributed by atoms with E-state index in [0.29, 0.717) is 34.3 Å². The van der Waals surface area contributed by atoms with Gasteiger partial charge in [-0.05, 0) is 45.4 Å². The molecule has 0 radical (unpaired) electrons. The lowest BCUT2D eigenvalue weighted by Crippen LogP contribution is -2.26. The van der Waals surface area contributed by atoms with Gasteiger partial charge < -0.3 is 9.88 Å². The molecule has 2 heterocycles. The normalized spacial score (nSPS) is 12.0. The summed E-state index contributed by atoms with van der Waals surface area (Å²) < 4.78 is 1.65. The molecule has 0 fully saturated rings. The van der Waals surface area contributed by atoms with E-state index in [-0.39, 0.29) is 11.1 Å². The molecular weight excluding hydrogens is 362 g/mol. The summed E-state index contributed by atoms with van der Waals surface area (Å²) in [6, 6.07) is 4.97. The highest BCUT2D eigenvalue weighted by Crippen LogP contribution is 2.22. The average Bonchev–Trinajstić information content (AvgIpc) is 2.58. The minimum atomic E-state index is -0.115. The summed E-state index contributed by atoms with van der Waals surface area (Å²) in [6.07, 6.45) is 5.89. The van der Waals surface area contributed by atoms with Crippen LogP contribution >= 0.6 is 11.6 Å². The van der Waals surface area contributed by atoms with Gasteiger partial charge in [0.2, 0.25) is 0 Å². The summed E-state index contributed by atoms with van der Waals surface area (Å²) in [7, 11) is 0. The van der Waals surface area contributed by atoms with Crippen LogP contribution < -0.4 is 16.3 Å². The van der Waals surface area contributed by atoms with Crippen molar-refractivity contribution < 1.29 is 0 Å². The van der Waals surface area contributed by atoms with E-state index in [0.717, 1.165) is 6.42 Å². The van der Waals surface area contributed by atoms with E-state index in [1.54, 1.807) is 35.2 Å². The molecule has 0 spiro atoms. The third kappa shape index (κ3) is 5.96. The van der Waals surface area contributed by atoms with E-state index in [9.17, 15) is 4.79 Å². The Bertz CT molecular complexity index is 896. The fourth-order valence-electron chi connectivity index (χ4n) is 2.43. The minimum Gasteiger partial charge on any atom is -0.365 e. The number of nitrogens with zero attached hydrogens (tertiary/aromatic N) is 3. The largest absolute Gasteiger partial charge is 0.365 e. The van der Waals surface area contributed by atoms with Gasteiger partial charge in [-0.1, -0.05) is 25.1 Å². The van der Waals surface area contributed by atoms with Crippen molar-refractivity contribution in [2.24, 2.45) is 5.10 Å². The quantitative estimate of drug-likeness (QED) is 0.541. The first kappa shape index (κ1) is 20.7. The highest BCUT2D eigenvalue weighted by atomic mass is 35.5. The third-order valence-corrected chi connectivity index (χ3v) is 3.89. The Morgan fingerprint density at radius 2 is 2.15 bits per heavy atom. The molecule has 0 amide bonds. The van der Waals surface area contributed by atoms with Crippen molar-refractivity contribution >= 4 is 28.8 Å². The number of aromatic nitrogens is 2. The number of allylic oxidation sites excluding steroid dienone is 1. The second kappa shape index (κ2) is 8.86. The van der Waals surface area contributed by atoms with Crippen molar-refractivity contribution in [2.75, 3.05) is 10.7 Å². The fraction of sp³-hybridized carbons (Fsp3) is 0.350. The van der Waals surface area contributed by atoms with Gasteiger partial charge in [-0.15, -0.1) is 0 Å². The van der Waals surface area contributed by atoms with Crippen molar-refractivity contribution in [3.63, 3.8) is 0 Å². The first-order valence-electron chi connectivity index (χ1n) is 8.84. The molecule has 2 aromatic rings. The van der Waals surface area contributed by atoms with Crippen LogP contribution in [-0.4, -0.2) is 20.8 Å². The van der Waals surface area contributed by atoms with E-state index in [1.165, 1.54) is 6.07 Å². The van der Waals surface area contributed by atoms with Gasteiger partial charge >= 0.3 is 0 Å². The zero-order valence-corrected chi connectivity index (χ0v) is 17.0. The lowest BCUT2D eigenvalue weighted by Gasteiger charge is -2.21. The van der Waals surface area contributed by atoms with E-state index < -0.39 is 0 Å². The van der Waals surface area contributed by atoms with E-state index in [1.807, 2.05) is 6.92 Å². The molecule has 0 aliphatic carbocycles. The van der Waals surface area contributed by atoms with Gasteiger partial charge in [0.25, 0.3) is 5.56 Å². The second-order valence-corrected chi connectivity index (χ2v) is 7.59. The molecule has 27 heavy (non-hydrogen) atoms. The summed E-state index contributed by atoms with van der Waals surface area (Å²) in [5, 5.41) is 8.17. The smallest absolute Gasteiger partial charge is 0.250 e. The van der Waals surface area contributed by atoms with Gasteiger partial charge in [0.05, 0.1) is 16.4 Å². The van der Waals surface area contributed by atoms with Crippen LogP contribution in [-0.2, 0) is 6.54 Å². The van der Waals surface area contributed by atoms with Crippen LogP contribution in [0.1, 0.15) is 39.7 Å². The number of rotatable bonds is 7. The Morgan fingerprint density at radius 1 is 1.41 bits per heavy atom. The molecule has 2 N–H and O–H groups in total. The van der Waals surface area contributed by atoms with Gasteiger partial charge in [-0.3, -0.25) is 10.2 Å². The number of hydrazone groups is 1. The summed E-state index contributed by atoms with van der Waals surface area (Å²) in [4.78, 5) is 16.2. The van der Waals surface area contributed by atoms with Crippen LogP contribution in [0, 0.1) is 0 Å². The zero-order valence-electron chi connectivity index (χ0n) is 16.2. The molecule has 0 atom stereocenters. The van der Waals surface area contributed by atoms with Crippen molar-refractivity contribution in [1.82, 2.24) is 9.55 Å². The van der Waals surface area contributed by atoms with Crippen molar-refractivity contribution in [3.05, 3.63) is 64.2 Å². The molecule has 0 bridgehead atoms. The van der Waals surface area contributed by atoms with Crippen LogP contribution in [0.4, 0.5) is 11.5 Å². The predicted molar refractivity (Wildman–Crippen MR) is 114 cm³/mol. The molecule has 0 aromatic carbocycles. The maximum absolute atomic E-state index is 11.8. The number of hydrogen-bond acceptors (Lipinski definition) is 5. The van der Waals surface area contributed by atoms with Gasteiger partial charge in [0.15, 0.2) is 0 Å². The Labute approximate surface area is 165 Å². The molecule has 0 aliphatic heterocycles. The first-order chi connectivity index (χ1) is 12.7. The fourth-order valence-corrected chi connectivity index (χ4v) is 2.67. The van der Waals surface area contributed by atoms with Gasteiger partial charge in [0.1, 0.15) is 5.82 Å². The number of aryl methyl sites for hydroxylation is 1. The molecule has 0 saturated heterocycles. The Balaban J connectivity index is 2.25. The van der Waals surface area contributed by atoms with Crippen molar-refractivity contribution in [1.29, 1.82) is 0 Å². The molecule has 144 valence electrons. The molecule has 6 nitrogen and oxygen atoms in total. The maximum Gasteiger partial charge on any atom is 0.250 e. The number of halogens is 1. The maximum atomic E-state index is 11.8. The van der Waals surface area contributed by atoms with E-state index in [4.69, 9.17) is 11.6 Å². The first-order valence-corrected chi connectivity index (χ1v) is 9.22. The van der Waals surface area contributed by atoms with Crippen LogP contribution in [0.15, 0.2) is 53.1 Å². The molecule has 2 aromatic heterocycles. The predicted octanol–water partition coefficient (Wildman–Crippen LogP) is 4.52. The zero-order chi connectivity index (χ0) is 20.0. The van der Waals surface area contributed by atoms with E-state index in [2.05, 4.69) is 48.2 Å². The summed E-state index contributed by atoms with van der Waals surface area (Å²) in [5.41, 5.74) is 4.73. The summed E-state index contributed by atoms with van der Waals surface area (Å²) >= 11 is 6.42. The molecule has 2 rings (SSSR count). The monoisotopic (exact) mass is 387 g/mol. The Kier molecular flexibility index (Phi) is 6.80. The van der Waals surface area contributed by atoms with Crippen LogP contribution in [0.5, 0.6) is 0 Å². The number of pyridine rings is 2. The molecule has 7 heteroatoms. The average molecular weight is 388 g/mol. The summed E-state index contributed by atoms with van der Waals surface area (Å²) in [6.45, 7) is 12.6. The number of nitrogens with one attached hydrogen (secondary N) is 2. The lowest BCUT2D eigenvalue weighted by atomic mass is 10.1. The third-order valence-electron chi connectivity index (χ3n) is 3.58. The van der Waals surface area contributed by atoms with Gasteiger partial charge in [0, 0.05) is 36.1 Å². The Morgan fingerprint density at radius 3 is 2.74 bits per heavy atom. The molecule has 0 saturated carbocycles. The number of anilines is 2. The number of hydrogen-bond donors (Lipinski definition) is 2. The van der Waals surface area contributed by atoms with Crippen LogP contribution in [0.2, 0.25) is 5.02 Å². The minimum absolute atomic E-state index is 0.0375. The molecular formula is C20H26ClN5O. The summed E-state index contributed by atoms with van der Waals surface area (Å²) in [5.74, 6) is 0.694. The standard InChI is InChI=1S/C20H26ClN5O/c1-6-10-26-13-14(8-9-19(26)27)24-25-17(7-2)15-12-22-18(11-16(15)21)23-20(3,4)5/h7-9,11-13,24H,2,6,10H2,1,3-5H3,(H,22,23)/b25-17+. The van der Waals surface area contributed by atoms with Gasteiger partial charge in [-0.2, -0.15) is 5.10 Å². The van der Waals surface area contributed by atoms with Gasteiger partial charge in [-0.25, -0.2) is 4.98 Å². The van der Waals surface area contributed by atoms with Crippen LogP contribution in [0.3, 0.4) is 0 Å². The van der Waals surface area contributed by atoms with Crippen molar-refractivity contribution in [2.45, 2.75) is 46.2 Å². The SMILES string of the molecule is C=C/C(=N\Nc1ccc(=O)n(CCC)c1)c1cnc(NC(C)(C)C)cc1Cl. The van der Waals surface area contributed by atoms with Crippen LogP contribution in [0.25, 0.3) is 0 Å². The second-order valence-electron chi connectivity index (χ2n) is 7.19. The Hall–Kier alpha value is -2.60.